The fourth-order valence-corrected chi connectivity index (χ4v) is 1.53. The predicted molar refractivity (Wildman–Crippen MR) is 69.9 cm³/mol. The molecule has 100 valence electrons. The maximum Gasteiger partial charge on any atom is 0.327 e. The van der Waals surface area contributed by atoms with E-state index < -0.39 is 0 Å². The summed E-state index contributed by atoms with van der Waals surface area (Å²) in [7, 11) is 0. The van der Waals surface area contributed by atoms with Gasteiger partial charge in [-0.3, -0.25) is 4.57 Å². The van der Waals surface area contributed by atoms with Crippen LogP contribution in [0.4, 0.5) is 4.79 Å². The fraction of sp³-hybridized carbons (Fsp3) is 0.308. The third-order valence-corrected chi connectivity index (χ3v) is 2.37. The summed E-state index contributed by atoms with van der Waals surface area (Å²) in [6, 6.07) is 3.45. The van der Waals surface area contributed by atoms with E-state index in [1.165, 1.54) is 10.9 Å². The molecule has 0 aliphatic rings. The SMILES string of the molecule is CC(C)Oc1ncccc1CNC(=O)n1ccnc1. The second-order valence-electron chi connectivity index (χ2n) is 4.26. The molecule has 0 fully saturated rings. The van der Waals surface area contributed by atoms with Gasteiger partial charge in [0.1, 0.15) is 6.33 Å². The topological polar surface area (TPSA) is 69.0 Å². The Morgan fingerprint density at radius 2 is 2.32 bits per heavy atom. The maximum atomic E-state index is 11.8. The van der Waals surface area contributed by atoms with Crippen molar-refractivity contribution in [3.8, 4) is 5.88 Å². The first-order chi connectivity index (χ1) is 9.16. The van der Waals surface area contributed by atoms with E-state index in [2.05, 4.69) is 15.3 Å². The van der Waals surface area contributed by atoms with Crippen molar-refractivity contribution in [1.29, 1.82) is 0 Å². The molecule has 0 saturated heterocycles. The molecular weight excluding hydrogens is 244 g/mol. The highest BCUT2D eigenvalue weighted by molar-refractivity contribution is 5.76. The van der Waals surface area contributed by atoms with Crippen LogP contribution in [0, 0.1) is 0 Å². The summed E-state index contributed by atoms with van der Waals surface area (Å²) in [5.74, 6) is 0.545. The van der Waals surface area contributed by atoms with Crippen LogP contribution in [0.3, 0.4) is 0 Å². The molecule has 0 aliphatic carbocycles. The molecule has 0 atom stereocenters. The minimum Gasteiger partial charge on any atom is -0.475 e. The first kappa shape index (κ1) is 13.1. The number of rotatable bonds is 4. The van der Waals surface area contributed by atoms with Gasteiger partial charge in [0.15, 0.2) is 0 Å². The highest BCUT2D eigenvalue weighted by Crippen LogP contribution is 2.15. The van der Waals surface area contributed by atoms with Gasteiger partial charge < -0.3 is 10.1 Å². The molecule has 0 bridgehead atoms. The van der Waals surface area contributed by atoms with Gasteiger partial charge in [0, 0.05) is 30.7 Å². The molecule has 2 aromatic heterocycles. The summed E-state index contributed by atoms with van der Waals surface area (Å²) in [5.41, 5.74) is 0.838. The number of hydrogen-bond acceptors (Lipinski definition) is 4. The van der Waals surface area contributed by atoms with E-state index >= 15 is 0 Å². The molecule has 2 rings (SSSR count). The Labute approximate surface area is 111 Å². The van der Waals surface area contributed by atoms with Crippen LogP contribution in [0.15, 0.2) is 37.1 Å². The Bertz CT molecular complexity index is 537. The van der Waals surface area contributed by atoms with Crippen molar-refractivity contribution < 1.29 is 9.53 Å². The van der Waals surface area contributed by atoms with Crippen molar-refractivity contribution in [2.45, 2.75) is 26.5 Å². The Hall–Kier alpha value is -2.37. The van der Waals surface area contributed by atoms with Crippen molar-refractivity contribution in [1.82, 2.24) is 19.9 Å². The molecule has 0 aliphatic heterocycles. The van der Waals surface area contributed by atoms with Crippen LogP contribution >= 0.6 is 0 Å². The van der Waals surface area contributed by atoms with E-state index in [0.717, 1.165) is 5.56 Å². The molecule has 6 heteroatoms. The summed E-state index contributed by atoms with van der Waals surface area (Å²) >= 11 is 0. The second-order valence-corrected chi connectivity index (χ2v) is 4.26. The average Bonchev–Trinajstić information content (AvgIpc) is 2.90. The third kappa shape index (κ3) is 3.54. The first-order valence-corrected chi connectivity index (χ1v) is 6.03. The first-order valence-electron chi connectivity index (χ1n) is 6.03. The van der Waals surface area contributed by atoms with E-state index in [1.54, 1.807) is 18.6 Å². The van der Waals surface area contributed by atoms with Crippen molar-refractivity contribution in [3.05, 3.63) is 42.6 Å². The number of ether oxygens (including phenoxy) is 1. The summed E-state index contributed by atoms with van der Waals surface area (Å²) < 4.78 is 6.96. The summed E-state index contributed by atoms with van der Waals surface area (Å²) in [6.45, 7) is 4.22. The van der Waals surface area contributed by atoms with Crippen molar-refractivity contribution >= 4 is 6.03 Å². The van der Waals surface area contributed by atoms with Gasteiger partial charge in [0.05, 0.1) is 6.10 Å². The number of aromatic nitrogens is 3. The van der Waals surface area contributed by atoms with Gasteiger partial charge in [-0.25, -0.2) is 14.8 Å². The lowest BCUT2D eigenvalue weighted by molar-refractivity contribution is 0.228. The minimum absolute atomic E-state index is 0.0398. The van der Waals surface area contributed by atoms with Crippen LogP contribution < -0.4 is 10.1 Å². The molecule has 0 radical (unpaired) electrons. The van der Waals surface area contributed by atoms with E-state index in [4.69, 9.17) is 4.74 Å². The Morgan fingerprint density at radius 3 is 3.00 bits per heavy atom. The van der Waals surface area contributed by atoms with Crippen LogP contribution in [-0.2, 0) is 6.54 Å². The molecule has 0 aromatic carbocycles. The van der Waals surface area contributed by atoms with Crippen LogP contribution in [0.5, 0.6) is 5.88 Å². The summed E-state index contributed by atoms with van der Waals surface area (Å²) in [6.07, 6.45) is 6.29. The lowest BCUT2D eigenvalue weighted by atomic mass is 10.2. The number of carbonyl (C=O) groups is 1. The van der Waals surface area contributed by atoms with Crippen LogP contribution in [-0.4, -0.2) is 26.7 Å². The normalized spacial score (nSPS) is 10.5. The summed E-state index contributed by atoms with van der Waals surface area (Å²) in [4.78, 5) is 19.8. The van der Waals surface area contributed by atoms with Gasteiger partial charge in [-0.2, -0.15) is 0 Å². The van der Waals surface area contributed by atoms with E-state index in [9.17, 15) is 4.79 Å². The zero-order valence-electron chi connectivity index (χ0n) is 10.9. The maximum absolute atomic E-state index is 11.8. The number of carbonyl (C=O) groups excluding carboxylic acids is 1. The molecule has 1 amide bonds. The fourth-order valence-electron chi connectivity index (χ4n) is 1.53. The number of hydrogen-bond donors (Lipinski definition) is 1. The Kier molecular flexibility index (Phi) is 4.12. The number of nitrogens with zero attached hydrogens (tertiary/aromatic N) is 3. The Balaban J connectivity index is 2.01. The smallest absolute Gasteiger partial charge is 0.327 e. The number of nitrogens with one attached hydrogen (secondary N) is 1. The van der Waals surface area contributed by atoms with Crippen LogP contribution in [0.2, 0.25) is 0 Å². The third-order valence-electron chi connectivity index (χ3n) is 2.37. The van der Waals surface area contributed by atoms with Gasteiger partial charge >= 0.3 is 6.03 Å². The van der Waals surface area contributed by atoms with Crippen molar-refractivity contribution in [2.24, 2.45) is 0 Å². The highest BCUT2D eigenvalue weighted by atomic mass is 16.5. The molecule has 2 aromatic rings. The van der Waals surface area contributed by atoms with E-state index in [-0.39, 0.29) is 12.1 Å². The molecule has 2 heterocycles. The van der Waals surface area contributed by atoms with Crippen molar-refractivity contribution in [3.63, 3.8) is 0 Å². The van der Waals surface area contributed by atoms with Gasteiger partial charge in [-0.15, -0.1) is 0 Å². The Morgan fingerprint density at radius 1 is 1.47 bits per heavy atom. The molecule has 6 nitrogen and oxygen atoms in total. The van der Waals surface area contributed by atoms with Gasteiger partial charge in [-0.05, 0) is 19.9 Å². The van der Waals surface area contributed by atoms with Gasteiger partial charge in [0.2, 0.25) is 5.88 Å². The van der Waals surface area contributed by atoms with E-state index in [0.29, 0.717) is 12.4 Å². The van der Waals surface area contributed by atoms with Crippen LogP contribution in [0.1, 0.15) is 19.4 Å². The highest BCUT2D eigenvalue weighted by Gasteiger charge is 2.09. The predicted octanol–water partition coefficient (Wildman–Crippen LogP) is 1.82. The van der Waals surface area contributed by atoms with Crippen molar-refractivity contribution in [2.75, 3.05) is 0 Å². The van der Waals surface area contributed by atoms with Gasteiger partial charge in [0.25, 0.3) is 0 Å². The number of pyridine rings is 1. The zero-order valence-corrected chi connectivity index (χ0v) is 10.9. The standard InChI is InChI=1S/C13H16N4O2/c1-10(2)19-12-11(4-3-5-15-12)8-16-13(18)17-7-6-14-9-17/h3-7,9-10H,8H2,1-2H3,(H,16,18). The lowest BCUT2D eigenvalue weighted by Gasteiger charge is -2.13. The van der Waals surface area contributed by atoms with Gasteiger partial charge in [-0.1, -0.05) is 6.07 Å². The molecule has 0 saturated carbocycles. The molecular formula is C13H16N4O2. The molecule has 0 spiro atoms. The molecule has 0 unspecified atom stereocenters. The van der Waals surface area contributed by atoms with E-state index in [1.807, 2.05) is 26.0 Å². The number of amides is 1. The minimum atomic E-state index is -0.239. The quantitative estimate of drug-likeness (QED) is 0.910. The largest absolute Gasteiger partial charge is 0.475 e. The number of imidazole rings is 1. The molecule has 19 heavy (non-hydrogen) atoms. The monoisotopic (exact) mass is 260 g/mol. The second kappa shape index (κ2) is 5.99. The summed E-state index contributed by atoms with van der Waals surface area (Å²) in [5, 5.41) is 2.78. The lowest BCUT2D eigenvalue weighted by Crippen LogP contribution is -2.27. The van der Waals surface area contributed by atoms with Crippen LogP contribution in [0.25, 0.3) is 0 Å². The average molecular weight is 260 g/mol. The zero-order chi connectivity index (χ0) is 13.7. The molecule has 1 N–H and O–H groups in total.